The number of hydrogen-bond acceptors (Lipinski definition) is 3. The van der Waals surface area contributed by atoms with Crippen LogP contribution in [0.3, 0.4) is 0 Å². The second kappa shape index (κ2) is 6.66. The number of carbonyl (C=O) groups excluding carboxylic acids is 1. The van der Waals surface area contributed by atoms with E-state index in [1.165, 1.54) is 5.56 Å². The lowest BCUT2D eigenvalue weighted by Gasteiger charge is -2.04. The Labute approximate surface area is 141 Å². The molecule has 24 heavy (non-hydrogen) atoms. The van der Waals surface area contributed by atoms with Crippen LogP contribution in [-0.4, -0.2) is 21.5 Å². The van der Waals surface area contributed by atoms with Gasteiger partial charge in [-0.1, -0.05) is 44.2 Å². The second-order valence-electron chi connectivity index (χ2n) is 6.00. The van der Waals surface area contributed by atoms with Crippen molar-refractivity contribution >= 4 is 17.8 Å². The zero-order chi connectivity index (χ0) is 17.1. The highest BCUT2D eigenvalue weighted by molar-refractivity contribution is 5.95. The Morgan fingerprint density at radius 3 is 2.67 bits per heavy atom. The van der Waals surface area contributed by atoms with E-state index in [0.717, 1.165) is 11.2 Å². The zero-order valence-electron chi connectivity index (χ0n) is 14.0. The van der Waals surface area contributed by atoms with Crippen molar-refractivity contribution in [3.05, 3.63) is 71.2 Å². The molecule has 2 heterocycles. The summed E-state index contributed by atoms with van der Waals surface area (Å²) < 4.78 is 1.76. The molecule has 0 fully saturated rings. The van der Waals surface area contributed by atoms with E-state index in [1.54, 1.807) is 10.6 Å². The quantitative estimate of drug-likeness (QED) is 0.590. The summed E-state index contributed by atoms with van der Waals surface area (Å²) in [5.41, 5.74) is 6.71. The van der Waals surface area contributed by atoms with E-state index >= 15 is 0 Å². The number of carbonyl (C=O) groups is 1. The predicted molar refractivity (Wildman–Crippen MR) is 95.5 cm³/mol. The van der Waals surface area contributed by atoms with Crippen LogP contribution in [0.15, 0.2) is 53.8 Å². The van der Waals surface area contributed by atoms with Gasteiger partial charge in [-0.25, -0.2) is 10.4 Å². The maximum Gasteiger partial charge on any atom is 0.290 e. The van der Waals surface area contributed by atoms with Gasteiger partial charge in [0.2, 0.25) is 0 Å². The summed E-state index contributed by atoms with van der Waals surface area (Å²) in [5, 5.41) is 4.05. The van der Waals surface area contributed by atoms with E-state index < -0.39 is 0 Å². The molecule has 3 rings (SSSR count). The smallest absolute Gasteiger partial charge is 0.290 e. The molecule has 1 aromatic carbocycles. The summed E-state index contributed by atoms with van der Waals surface area (Å²) in [6.07, 6.45) is 3.46. The minimum atomic E-state index is -0.277. The molecule has 5 nitrogen and oxygen atoms in total. The monoisotopic (exact) mass is 320 g/mol. The van der Waals surface area contributed by atoms with Crippen LogP contribution in [0.1, 0.15) is 47.1 Å². The van der Waals surface area contributed by atoms with Crippen molar-refractivity contribution in [2.24, 2.45) is 5.10 Å². The van der Waals surface area contributed by atoms with Gasteiger partial charge in [0.1, 0.15) is 11.3 Å². The average molecular weight is 320 g/mol. The number of nitrogens with zero attached hydrogens (tertiary/aromatic N) is 3. The minimum absolute atomic E-state index is 0.277. The molecule has 0 spiro atoms. The van der Waals surface area contributed by atoms with Gasteiger partial charge < -0.3 is 0 Å². The number of rotatable bonds is 4. The molecule has 3 aromatic rings. The van der Waals surface area contributed by atoms with Gasteiger partial charge in [-0.15, -0.1) is 0 Å². The topological polar surface area (TPSA) is 58.8 Å². The van der Waals surface area contributed by atoms with Gasteiger partial charge in [0, 0.05) is 6.20 Å². The first kappa shape index (κ1) is 15.9. The highest BCUT2D eigenvalue weighted by atomic mass is 16.2. The molecule has 1 N–H and O–H groups in total. The van der Waals surface area contributed by atoms with Crippen LogP contribution in [0.5, 0.6) is 0 Å². The number of nitrogens with one attached hydrogen (secondary N) is 1. The van der Waals surface area contributed by atoms with Crippen molar-refractivity contribution in [3.8, 4) is 0 Å². The van der Waals surface area contributed by atoms with E-state index in [0.29, 0.717) is 17.3 Å². The summed E-state index contributed by atoms with van der Waals surface area (Å²) in [6.45, 7) is 6.12. The largest absolute Gasteiger partial charge is 0.295 e. The van der Waals surface area contributed by atoms with Gasteiger partial charge in [-0.3, -0.25) is 9.20 Å². The van der Waals surface area contributed by atoms with Gasteiger partial charge >= 0.3 is 0 Å². The lowest BCUT2D eigenvalue weighted by molar-refractivity contribution is 0.0948. The number of imidazole rings is 1. The maximum absolute atomic E-state index is 12.4. The first-order valence-corrected chi connectivity index (χ1v) is 7.93. The van der Waals surface area contributed by atoms with Crippen LogP contribution < -0.4 is 5.43 Å². The minimum Gasteiger partial charge on any atom is -0.295 e. The molecular weight excluding hydrogens is 300 g/mol. The van der Waals surface area contributed by atoms with E-state index in [-0.39, 0.29) is 5.91 Å². The van der Waals surface area contributed by atoms with E-state index in [4.69, 9.17) is 0 Å². The lowest BCUT2D eigenvalue weighted by Crippen LogP contribution is -2.20. The fraction of sp³-hybridized carbons (Fsp3) is 0.211. The van der Waals surface area contributed by atoms with Gasteiger partial charge in [-0.05, 0) is 36.1 Å². The predicted octanol–water partition coefficient (Wildman–Crippen LogP) is 3.53. The van der Waals surface area contributed by atoms with Crippen LogP contribution in [0.4, 0.5) is 0 Å². The number of aryl methyl sites for hydroxylation is 1. The summed E-state index contributed by atoms with van der Waals surface area (Å²) in [5.74, 6) is 0.218. The van der Waals surface area contributed by atoms with Crippen molar-refractivity contribution in [1.82, 2.24) is 14.8 Å². The molecule has 1 amide bonds. The second-order valence-corrected chi connectivity index (χ2v) is 6.00. The van der Waals surface area contributed by atoms with Gasteiger partial charge in [-0.2, -0.15) is 5.10 Å². The Bertz CT molecular complexity index is 891. The zero-order valence-corrected chi connectivity index (χ0v) is 14.0. The highest BCUT2D eigenvalue weighted by Crippen LogP contribution is 2.14. The van der Waals surface area contributed by atoms with E-state index in [9.17, 15) is 4.79 Å². The van der Waals surface area contributed by atoms with Crippen LogP contribution in [0.2, 0.25) is 0 Å². The third-order valence-electron chi connectivity index (χ3n) is 3.90. The number of aromatic nitrogens is 2. The molecule has 0 unspecified atom stereocenters. The van der Waals surface area contributed by atoms with Crippen molar-refractivity contribution < 1.29 is 4.79 Å². The number of hydrogen-bond donors (Lipinski definition) is 1. The molecule has 0 aliphatic carbocycles. The van der Waals surface area contributed by atoms with Crippen molar-refractivity contribution in [2.75, 3.05) is 0 Å². The van der Waals surface area contributed by atoms with E-state index in [1.807, 2.05) is 43.5 Å². The molecule has 0 radical (unpaired) electrons. The lowest BCUT2D eigenvalue weighted by atomic mass is 10.0. The highest BCUT2D eigenvalue weighted by Gasteiger charge is 2.15. The fourth-order valence-corrected chi connectivity index (χ4v) is 2.57. The molecule has 0 saturated heterocycles. The molecule has 0 saturated carbocycles. The molecular formula is C19H20N4O. The van der Waals surface area contributed by atoms with Crippen LogP contribution >= 0.6 is 0 Å². The molecule has 0 aliphatic rings. The van der Waals surface area contributed by atoms with Gasteiger partial charge in [0.25, 0.3) is 5.91 Å². The Hall–Kier alpha value is -2.95. The third kappa shape index (κ3) is 3.20. The first-order valence-electron chi connectivity index (χ1n) is 7.93. The normalized spacial score (nSPS) is 11.5. The number of pyridine rings is 1. The van der Waals surface area contributed by atoms with Crippen molar-refractivity contribution in [2.45, 2.75) is 26.7 Å². The molecule has 0 atom stereocenters. The molecule has 122 valence electrons. The Morgan fingerprint density at radius 1 is 1.21 bits per heavy atom. The molecule has 5 heteroatoms. The first-order chi connectivity index (χ1) is 11.6. The summed E-state index contributed by atoms with van der Waals surface area (Å²) in [7, 11) is 0. The Morgan fingerprint density at radius 2 is 1.96 bits per heavy atom. The third-order valence-corrected chi connectivity index (χ3v) is 3.90. The number of benzene rings is 1. The van der Waals surface area contributed by atoms with E-state index in [2.05, 4.69) is 41.5 Å². The number of hydrazone groups is 1. The van der Waals surface area contributed by atoms with Crippen LogP contribution in [0, 0.1) is 6.92 Å². The summed E-state index contributed by atoms with van der Waals surface area (Å²) >= 11 is 0. The van der Waals surface area contributed by atoms with Crippen LogP contribution in [-0.2, 0) is 0 Å². The van der Waals surface area contributed by atoms with Gasteiger partial charge in [0.15, 0.2) is 0 Å². The molecule has 2 aromatic heterocycles. The summed E-state index contributed by atoms with van der Waals surface area (Å²) in [6, 6.07) is 13.7. The molecule has 0 aliphatic heterocycles. The maximum atomic E-state index is 12.4. The fourth-order valence-electron chi connectivity index (χ4n) is 2.57. The standard InChI is InChI=1S/C19H20N4O/c1-13(2)16-9-7-15(8-10-16)12-20-22-19(24)18-14(3)21-17-6-4-5-11-23(17)18/h4-13H,1-3H3,(H,22,24)/b20-12+. The average Bonchev–Trinajstić information content (AvgIpc) is 2.91. The Balaban J connectivity index is 1.74. The SMILES string of the molecule is Cc1nc2ccccn2c1C(=O)N/N=C/c1ccc(C(C)C)cc1. The Kier molecular flexibility index (Phi) is 4.42. The van der Waals surface area contributed by atoms with Crippen molar-refractivity contribution in [1.29, 1.82) is 0 Å². The number of fused-ring (bicyclic) bond motifs is 1. The van der Waals surface area contributed by atoms with Crippen molar-refractivity contribution in [3.63, 3.8) is 0 Å². The summed E-state index contributed by atoms with van der Waals surface area (Å²) in [4.78, 5) is 16.8. The molecule has 0 bridgehead atoms. The van der Waals surface area contributed by atoms with Gasteiger partial charge in [0.05, 0.1) is 11.9 Å². The number of amides is 1. The van der Waals surface area contributed by atoms with Crippen LogP contribution in [0.25, 0.3) is 5.65 Å².